The molecule has 9 heteroatoms. The second kappa shape index (κ2) is 9.25. The molecule has 198 valence electrons. The second-order valence-corrected chi connectivity index (χ2v) is 9.08. The topological polar surface area (TPSA) is 151 Å². The van der Waals surface area contributed by atoms with Crippen LogP contribution in [-0.2, 0) is 0 Å². The van der Waals surface area contributed by atoms with Crippen LogP contribution in [0.2, 0.25) is 0 Å². The first-order valence-corrected chi connectivity index (χ1v) is 12.0. The number of fused-ring (bicyclic) bond motifs is 2. The summed E-state index contributed by atoms with van der Waals surface area (Å²) in [4.78, 5) is 26.2. The van der Waals surface area contributed by atoms with Crippen LogP contribution in [0.15, 0.2) is 97.3 Å². The van der Waals surface area contributed by atoms with Gasteiger partial charge in [0.1, 0.15) is 51.2 Å². The molecule has 0 spiro atoms. The lowest BCUT2D eigenvalue weighted by Gasteiger charge is -2.13. The molecular formula is C31H20O9. The quantitative estimate of drug-likeness (QED) is 0.221. The molecule has 0 unspecified atom stereocenters. The zero-order chi connectivity index (χ0) is 28.1. The first kappa shape index (κ1) is 24.6. The van der Waals surface area contributed by atoms with Gasteiger partial charge in [-0.1, -0.05) is 0 Å². The maximum absolute atomic E-state index is 13.2. The van der Waals surface area contributed by atoms with Crippen LogP contribution in [-0.4, -0.2) is 27.5 Å². The van der Waals surface area contributed by atoms with Gasteiger partial charge in [0.15, 0.2) is 16.4 Å². The van der Waals surface area contributed by atoms with Gasteiger partial charge in [-0.25, -0.2) is 0 Å². The van der Waals surface area contributed by atoms with Crippen molar-refractivity contribution in [1.29, 1.82) is 0 Å². The first-order valence-electron chi connectivity index (χ1n) is 12.0. The standard InChI is InChI=1S/C31H20O9/c1-38-18-8-4-16(5-9-18)26-12-21(33)19-10-20(22(34)13-28(19)39-26)29-23(35)11-24(36)30-25(37)14-27(40-31(29)30)15-2-6-17(32)7-3-15/h2-14,32,34-36H,1H3. The predicted molar refractivity (Wildman–Crippen MR) is 148 cm³/mol. The highest BCUT2D eigenvalue weighted by Crippen LogP contribution is 2.45. The van der Waals surface area contributed by atoms with Gasteiger partial charge in [0, 0.05) is 41.0 Å². The van der Waals surface area contributed by atoms with Crippen LogP contribution in [0.25, 0.3) is 55.7 Å². The van der Waals surface area contributed by atoms with Crippen molar-refractivity contribution in [1.82, 2.24) is 0 Å². The van der Waals surface area contributed by atoms with E-state index < -0.39 is 22.4 Å². The van der Waals surface area contributed by atoms with Crippen LogP contribution in [0.3, 0.4) is 0 Å². The zero-order valence-corrected chi connectivity index (χ0v) is 20.8. The van der Waals surface area contributed by atoms with Crippen molar-refractivity contribution in [3.8, 4) is 62.5 Å². The summed E-state index contributed by atoms with van der Waals surface area (Å²) in [5.41, 5.74) is -0.201. The van der Waals surface area contributed by atoms with E-state index in [0.29, 0.717) is 16.9 Å². The van der Waals surface area contributed by atoms with Gasteiger partial charge < -0.3 is 34.0 Å². The number of hydrogen-bond donors (Lipinski definition) is 4. The molecule has 0 atom stereocenters. The average Bonchev–Trinajstić information content (AvgIpc) is 2.93. The molecule has 0 aliphatic carbocycles. The fourth-order valence-corrected chi connectivity index (χ4v) is 4.62. The number of ether oxygens (including phenoxy) is 1. The minimum absolute atomic E-state index is 0.0120. The number of benzene rings is 4. The monoisotopic (exact) mass is 536 g/mol. The van der Waals surface area contributed by atoms with Crippen LogP contribution in [0.5, 0.6) is 28.7 Å². The predicted octanol–water partition coefficient (Wildman–Crippen LogP) is 5.73. The van der Waals surface area contributed by atoms with Gasteiger partial charge in [0.05, 0.1) is 18.1 Å². The molecule has 0 amide bonds. The van der Waals surface area contributed by atoms with E-state index in [0.717, 1.165) is 6.07 Å². The van der Waals surface area contributed by atoms with Gasteiger partial charge in [-0.2, -0.15) is 0 Å². The van der Waals surface area contributed by atoms with Gasteiger partial charge in [0.2, 0.25) is 0 Å². The summed E-state index contributed by atoms with van der Waals surface area (Å²) in [6, 6.07) is 18.8. The van der Waals surface area contributed by atoms with Crippen molar-refractivity contribution >= 4 is 21.9 Å². The Labute approximate surface area is 225 Å². The average molecular weight is 536 g/mol. The Morgan fingerprint density at radius 1 is 0.650 bits per heavy atom. The highest BCUT2D eigenvalue weighted by molar-refractivity contribution is 6.02. The van der Waals surface area contributed by atoms with E-state index in [9.17, 15) is 30.0 Å². The second-order valence-electron chi connectivity index (χ2n) is 9.08. The molecule has 0 radical (unpaired) electrons. The molecule has 0 bridgehead atoms. The van der Waals surface area contributed by atoms with E-state index in [1.54, 1.807) is 31.4 Å². The minimum atomic E-state index is -0.605. The maximum Gasteiger partial charge on any atom is 0.197 e. The minimum Gasteiger partial charge on any atom is -0.508 e. The smallest absolute Gasteiger partial charge is 0.197 e. The molecule has 9 nitrogen and oxygen atoms in total. The van der Waals surface area contributed by atoms with Gasteiger partial charge in [0.25, 0.3) is 0 Å². The summed E-state index contributed by atoms with van der Waals surface area (Å²) in [6.45, 7) is 0. The third kappa shape index (κ3) is 4.06. The molecule has 40 heavy (non-hydrogen) atoms. The van der Waals surface area contributed by atoms with Crippen LogP contribution >= 0.6 is 0 Å². The fourth-order valence-electron chi connectivity index (χ4n) is 4.62. The van der Waals surface area contributed by atoms with E-state index in [1.165, 1.54) is 48.5 Å². The Bertz CT molecular complexity index is 2050. The molecule has 6 rings (SSSR count). The lowest BCUT2D eigenvalue weighted by molar-refractivity contribution is 0.415. The van der Waals surface area contributed by atoms with Crippen LogP contribution in [0, 0.1) is 0 Å². The molecule has 4 aromatic carbocycles. The normalized spacial score (nSPS) is 11.2. The lowest BCUT2D eigenvalue weighted by Crippen LogP contribution is -2.03. The zero-order valence-electron chi connectivity index (χ0n) is 20.8. The molecule has 0 aliphatic heterocycles. The Hall–Kier alpha value is -5.70. The molecule has 0 saturated carbocycles. The van der Waals surface area contributed by atoms with Gasteiger partial charge >= 0.3 is 0 Å². The number of hydrogen-bond acceptors (Lipinski definition) is 9. The van der Waals surface area contributed by atoms with Crippen molar-refractivity contribution in [2.45, 2.75) is 0 Å². The molecule has 6 aromatic rings. The number of methoxy groups -OCH3 is 1. The lowest BCUT2D eigenvalue weighted by atomic mass is 9.97. The molecule has 0 fully saturated rings. The SMILES string of the molecule is COc1ccc(-c2cc(=O)c3cc(-c4c(O)cc(O)c5c(=O)cc(-c6ccc(O)cc6)oc45)c(O)cc3o2)cc1. The van der Waals surface area contributed by atoms with E-state index in [1.807, 2.05) is 0 Å². The van der Waals surface area contributed by atoms with E-state index >= 15 is 0 Å². The molecule has 4 N–H and O–H groups in total. The molecular weight excluding hydrogens is 516 g/mol. The van der Waals surface area contributed by atoms with Crippen molar-refractivity contribution in [2.75, 3.05) is 7.11 Å². The summed E-state index contributed by atoms with van der Waals surface area (Å²) >= 11 is 0. The highest BCUT2D eigenvalue weighted by atomic mass is 16.5. The van der Waals surface area contributed by atoms with E-state index in [2.05, 4.69) is 0 Å². The Morgan fingerprint density at radius 2 is 1.27 bits per heavy atom. The molecule has 2 heterocycles. The van der Waals surface area contributed by atoms with Crippen molar-refractivity contribution in [3.63, 3.8) is 0 Å². The summed E-state index contributed by atoms with van der Waals surface area (Å²) in [6.07, 6.45) is 0. The highest BCUT2D eigenvalue weighted by Gasteiger charge is 2.23. The first-order chi connectivity index (χ1) is 19.2. The third-order valence-corrected chi connectivity index (χ3v) is 6.60. The van der Waals surface area contributed by atoms with Crippen molar-refractivity contribution in [2.24, 2.45) is 0 Å². The van der Waals surface area contributed by atoms with Crippen molar-refractivity contribution in [3.05, 3.63) is 99.3 Å². The Morgan fingerprint density at radius 3 is 1.95 bits per heavy atom. The number of rotatable bonds is 4. The fraction of sp³-hybridized carbons (Fsp3) is 0.0323. The van der Waals surface area contributed by atoms with E-state index in [-0.39, 0.29) is 56.1 Å². The number of aromatic hydroxyl groups is 4. The van der Waals surface area contributed by atoms with Crippen molar-refractivity contribution < 1.29 is 34.0 Å². The largest absolute Gasteiger partial charge is 0.508 e. The Kier molecular flexibility index (Phi) is 5.69. The third-order valence-electron chi connectivity index (χ3n) is 6.60. The molecule has 0 saturated heterocycles. The van der Waals surface area contributed by atoms with Gasteiger partial charge in [-0.3, -0.25) is 9.59 Å². The van der Waals surface area contributed by atoms with E-state index in [4.69, 9.17) is 13.6 Å². The summed E-state index contributed by atoms with van der Waals surface area (Å²) in [5, 5.41) is 41.8. The Balaban J connectivity index is 1.58. The van der Waals surface area contributed by atoms with Gasteiger partial charge in [-0.05, 0) is 54.6 Å². The van der Waals surface area contributed by atoms with Crippen LogP contribution in [0.4, 0.5) is 0 Å². The summed E-state index contributed by atoms with van der Waals surface area (Å²) in [5.74, 6) is -0.380. The maximum atomic E-state index is 13.2. The molecule has 2 aromatic heterocycles. The number of phenols is 4. The summed E-state index contributed by atoms with van der Waals surface area (Å²) in [7, 11) is 1.54. The molecule has 0 aliphatic rings. The number of phenolic OH excluding ortho intramolecular Hbond substituents is 4. The van der Waals surface area contributed by atoms with Crippen LogP contribution < -0.4 is 15.6 Å². The van der Waals surface area contributed by atoms with Gasteiger partial charge in [-0.15, -0.1) is 0 Å². The van der Waals surface area contributed by atoms with Crippen LogP contribution in [0.1, 0.15) is 0 Å². The summed E-state index contributed by atoms with van der Waals surface area (Å²) < 4.78 is 17.1.